The third-order valence-electron chi connectivity index (χ3n) is 2.56. The molecule has 1 N–H and O–H groups in total. The number of benzene rings is 1. The lowest BCUT2D eigenvalue weighted by Crippen LogP contribution is -2.13. The predicted molar refractivity (Wildman–Crippen MR) is 70.6 cm³/mol. The largest absolute Gasteiger partial charge is 0.357 e. The minimum absolute atomic E-state index is 0.153. The Morgan fingerprint density at radius 2 is 2.16 bits per heavy atom. The Morgan fingerprint density at radius 1 is 1.37 bits per heavy atom. The van der Waals surface area contributed by atoms with Gasteiger partial charge in [0.15, 0.2) is 0 Å². The summed E-state index contributed by atoms with van der Waals surface area (Å²) in [6.07, 6.45) is 1.37. The Hall–Kier alpha value is -2.68. The molecular weight excluding hydrogens is 245 g/mol. The molecule has 0 aliphatic carbocycles. The van der Waals surface area contributed by atoms with Gasteiger partial charge in [-0.25, -0.2) is 14.4 Å². The molecule has 1 aromatic carbocycles. The predicted octanol–water partition coefficient (Wildman–Crippen LogP) is 2.32. The molecule has 6 heteroatoms. The highest BCUT2D eigenvalue weighted by Crippen LogP contribution is 2.24. The lowest BCUT2D eigenvalue weighted by atomic mass is 10.3. The molecule has 0 spiro atoms. The van der Waals surface area contributed by atoms with Crippen LogP contribution in [0.4, 0.5) is 21.7 Å². The van der Waals surface area contributed by atoms with E-state index >= 15 is 0 Å². The smallest absolute Gasteiger partial charge is 0.146 e. The number of hydrogen-bond donors (Lipinski definition) is 1. The molecule has 0 atom stereocenters. The van der Waals surface area contributed by atoms with Crippen LogP contribution in [-0.2, 0) is 0 Å². The Labute approximate surface area is 110 Å². The van der Waals surface area contributed by atoms with Gasteiger partial charge >= 0.3 is 0 Å². The van der Waals surface area contributed by atoms with Gasteiger partial charge in [0.25, 0.3) is 0 Å². The van der Waals surface area contributed by atoms with Crippen molar-refractivity contribution in [3.8, 4) is 6.07 Å². The summed E-state index contributed by atoms with van der Waals surface area (Å²) in [5.74, 6) is 0.741. The number of anilines is 3. The summed E-state index contributed by atoms with van der Waals surface area (Å²) < 4.78 is 13.7. The Kier molecular flexibility index (Phi) is 3.88. The van der Waals surface area contributed by atoms with Gasteiger partial charge in [-0.3, -0.25) is 0 Å². The minimum atomic E-state index is -0.324. The summed E-state index contributed by atoms with van der Waals surface area (Å²) in [5, 5.41) is 11.3. The Morgan fingerprint density at radius 3 is 2.89 bits per heavy atom. The molecule has 0 radical (unpaired) electrons. The molecule has 2 aromatic rings. The number of nitrogens with one attached hydrogen (secondary N) is 1. The first-order valence-corrected chi connectivity index (χ1v) is 5.63. The molecule has 0 unspecified atom stereocenters. The molecule has 5 nitrogen and oxygen atoms in total. The third kappa shape index (κ3) is 2.96. The van der Waals surface area contributed by atoms with Crippen LogP contribution in [-0.4, -0.2) is 23.6 Å². The lowest BCUT2D eigenvalue weighted by molar-refractivity contribution is 0.627. The fraction of sp³-hybridized carbons (Fsp3) is 0.154. The van der Waals surface area contributed by atoms with Gasteiger partial charge in [-0.05, 0) is 12.1 Å². The van der Waals surface area contributed by atoms with Crippen molar-refractivity contribution in [1.82, 2.24) is 9.97 Å². The average Bonchev–Trinajstić information content (AvgIpc) is 2.45. The number of nitrogens with zero attached hydrogens (tertiary/aromatic N) is 4. The molecule has 1 aromatic heterocycles. The second kappa shape index (κ2) is 5.78. The van der Waals surface area contributed by atoms with E-state index in [9.17, 15) is 4.39 Å². The average molecular weight is 257 g/mol. The van der Waals surface area contributed by atoms with E-state index < -0.39 is 0 Å². The maximum absolute atomic E-state index is 13.7. The van der Waals surface area contributed by atoms with Gasteiger partial charge in [0.1, 0.15) is 30.3 Å². The van der Waals surface area contributed by atoms with Gasteiger partial charge in [0.2, 0.25) is 0 Å². The van der Waals surface area contributed by atoms with Crippen LogP contribution in [0.5, 0.6) is 0 Å². The number of para-hydroxylation sites is 1. The number of rotatable bonds is 4. The van der Waals surface area contributed by atoms with E-state index in [-0.39, 0.29) is 12.4 Å². The van der Waals surface area contributed by atoms with Crippen molar-refractivity contribution >= 4 is 17.3 Å². The molecule has 96 valence electrons. The van der Waals surface area contributed by atoms with Crippen LogP contribution in [0, 0.1) is 17.1 Å². The van der Waals surface area contributed by atoms with Gasteiger partial charge in [-0.2, -0.15) is 5.26 Å². The highest BCUT2D eigenvalue weighted by Gasteiger charge is 2.10. The highest BCUT2D eigenvalue weighted by molar-refractivity contribution is 5.61. The normalized spacial score (nSPS) is 9.74. The molecular formula is C13H12FN5. The highest BCUT2D eigenvalue weighted by atomic mass is 19.1. The molecule has 0 bridgehead atoms. The van der Waals surface area contributed by atoms with E-state index in [1.165, 1.54) is 12.4 Å². The zero-order valence-corrected chi connectivity index (χ0v) is 10.3. The second-order valence-electron chi connectivity index (χ2n) is 3.78. The van der Waals surface area contributed by atoms with E-state index in [1.807, 2.05) is 6.07 Å². The Balaban J connectivity index is 2.27. The molecule has 1 heterocycles. The monoisotopic (exact) mass is 257 g/mol. The number of hydrogen-bond acceptors (Lipinski definition) is 5. The molecule has 0 aliphatic heterocycles. The number of nitriles is 1. The summed E-state index contributed by atoms with van der Waals surface area (Å²) >= 11 is 0. The lowest BCUT2D eigenvalue weighted by Gasteiger charge is -2.19. The van der Waals surface area contributed by atoms with Gasteiger partial charge in [0, 0.05) is 13.1 Å². The van der Waals surface area contributed by atoms with Crippen molar-refractivity contribution in [2.75, 3.05) is 23.8 Å². The van der Waals surface area contributed by atoms with Gasteiger partial charge in [-0.15, -0.1) is 0 Å². The Bertz CT molecular complexity index is 608. The van der Waals surface area contributed by atoms with Gasteiger partial charge in [0.05, 0.1) is 11.8 Å². The molecule has 2 rings (SSSR count). The van der Waals surface area contributed by atoms with Crippen molar-refractivity contribution in [3.05, 3.63) is 42.5 Å². The first kappa shape index (κ1) is 12.8. The quantitative estimate of drug-likeness (QED) is 0.851. The summed E-state index contributed by atoms with van der Waals surface area (Å²) in [7, 11) is 1.72. The summed E-state index contributed by atoms with van der Waals surface area (Å²) in [4.78, 5) is 9.69. The van der Waals surface area contributed by atoms with Crippen LogP contribution in [0.25, 0.3) is 0 Å². The standard InChI is InChI=1S/C13H12FN5/c1-19(11-5-3-2-4-10(11)14)13-8-12(16-7-6-15)17-9-18-13/h2-5,8-9H,7H2,1H3,(H,16,17,18). The van der Waals surface area contributed by atoms with E-state index in [1.54, 1.807) is 36.2 Å². The minimum Gasteiger partial charge on any atom is -0.357 e. The summed E-state index contributed by atoms with van der Waals surface area (Å²) in [5.41, 5.74) is 0.424. The maximum atomic E-state index is 13.7. The third-order valence-corrected chi connectivity index (χ3v) is 2.56. The second-order valence-corrected chi connectivity index (χ2v) is 3.78. The zero-order chi connectivity index (χ0) is 13.7. The van der Waals surface area contributed by atoms with Crippen LogP contribution < -0.4 is 10.2 Å². The summed E-state index contributed by atoms with van der Waals surface area (Å²) in [6, 6.07) is 10.1. The van der Waals surface area contributed by atoms with Crippen molar-refractivity contribution in [2.24, 2.45) is 0 Å². The molecule has 0 aliphatic rings. The molecule has 0 amide bonds. The first-order chi connectivity index (χ1) is 9.22. The van der Waals surface area contributed by atoms with E-state index in [0.717, 1.165) is 0 Å². The van der Waals surface area contributed by atoms with Crippen LogP contribution >= 0.6 is 0 Å². The van der Waals surface area contributed by atoms with E-state index in [4.69, 9.17) is 5.26 Å². The fourth-order valence-corrected chi connectivity index (χ4v) is 1.60. The zero-order valence-electron chi connectivity index (χ0n) is 10.3. The number of aromatic nitrogens is 2. The van der Waals surface area contributed by atoms with Gasteiger partial charge < -0.3 is 10.2 Å². The van der Waals surface area contributed by atoms with Gasteiger partial charge in [-0.1, -0.05) is 12.1 Å². The van der Waals surface area contributed by atoms with E-state index in [2.05, 4.69) is 15.3 Å². The van der Waals surface area contributed by atoms with Crippen LogP contribution in [0.1, 0.15) is 0 Å². The molecule has 0 saturated heterocycles. The van der Waals surface area contributed by atoms with E-state index in [0.29, 0.717) is 17.3 Å². The van der Waals surface area contributed by atoms with Crippen molar-refractivity contribution in [1.29, 1.82) is 5.26 Å². The van der Waals surface area contributed by atoms with Crippen molar-refractivity contribution in [3.63, 3.8) is 0 Å². The van der Waals surface area contributed by atoms with Crippen LogP contribution in [0.3, 0.4) is 0 Å². The fourth-order valence-electron chi connectivity index (χ4n) is 1.60. The molecule has 19 heavy (non-hydrogen) atoms. The SMILES string of the molecule is CN(c1cc(NCC#N)ncn1)c1ccccc1F. The summed E-state index contributed by atoms with van der Waals surface area (Å²) in [6.45, 7) is 0.153. The maximum Gasteiger partial charge on any atom is 0.146 e. The first-order valence-electron chi connectivity index (χ1n) is 5.63. The number of halogens is 1. The molecule has 0 saturated carbocycles. The molecule has 0 fully saturated rings. The van der Waals surface area contributed by atoms with Crippen molar-refractivity contribution in [2.45, 2.75) is 0 Å². The topological polar surface area (TPSA) is 64.8 Å². The van der Waals surface area contributed by atoms with Crippen LogP contribution in [0.15, 0.2) is 36.7 Å². The van der Waals surface area contributed by atoms with Crippen molar-refractivity contribution < 1.29 is 4.39 Å². The van der Waals surface area contributed by atoms with Crippen LogP contribution in [0.2, 0.25) is 0 Å².